The normalized spacial score (nSPS) is 10.4. The van der Waals surface area contributed by atoms with Gasteiger partial charge in [0.2, 0.25) is 11.0 Å². The van der Waals surface area contributed by atoms with Crippen LogP contribution in [-0.4, -0.2) is 10.1 Å². The molecule has 1 rings (SSSR count). The molecular weight excluding hydrogens is 155 g/mol. The molecule has 0 bridgehead atoms. The van der Waals surface area contributed by atoms with Crippen LogP contribution in [0.2, 0.25) is 0 Å². The molecule has 0 saturated heterocycles. The van der Waals surface area contributed by atoms with Crippen LogP contribution in [-0.2, 0) is 0 Å². The number of rotatable bonds is 1. The minimum absolute atomic E-state index is 0. The van der Waals surface area contributed by atoms with E-state index in [2.05, 4.69) is 5.28 Å². The molecule has 5 heteroatoms. The van der Waals surface area contributed by atoms with E-state index < -0.39 is 0 Å². The number of hydrogen-bond donors (Lipinski definition) is 1. The molecule has 0 atom stereocenters. The molecule has 0 aliphatic rings. The second-order valence-electron chi connectivity index (χ2n) is 1.70. The van der Waals surface area contributed by atoms with Gasteiger partial charge in [-0.3, -0.25) is 0 Å². The van der Waals surface area contributed by atoms with Crippen molar-refractivity contribution >= 4 is 5.69 Å². The van der Waals surface area contributed by atoms with Crippen LogP contribution in [0.25, 0.3) is 0 Å². The van der Waals surface area contributed by atoms with Crippen molar-refractivity contribution in [2.24, 2.45) is 5.28 Å². The summed E-state index contributed by atoms with van der Waals surface area (Å²) in [5.41, 5.74) is 0.310. The van der Waals surface area contributed by atoms with Gasteiger partial charge in [0.15, 0.2) is 0 Å². The van der Waals surface area contributed by atoms with E-state index in [1.165, 1.54) is 0 Å². The summed E-state index contributed by atoms with van der Waals surface area (Å²) in [4.78, 5) is 0.139. The Bertz CT molecular complexity index is 238. The minimum atomic E-state index is 0. The van der Waals surface area contributed by atoms with Crippen LogP contribution >= 0.6 is 0 Å². The fraction of sp³-hybridized carbons (Fsp3) is 0. The molecule has 0 saturated carbocycles. The Balaban J connectivity index is 0.000001000. The predicted molar refractivity (Wildman–Crippen MR) is 33.9 cm³/mol. The predicted octanol–water partition coefficient (Wildman–Crippen LogP) is -1.33. The summed E-state index contributed by atoms with van der Waals surface area (Å²) in [6, 6.07) is 8.24. The van der Waals surface area contributed by atoms with Gasteiger partial charge in [0.25, 0.3) is 0 Å². The van der Waals surface area contributed by atoms with Crippen molar-refractivity contribution in [2.75, 3.05) is 0 Å². The Labute approximate surface area is 86.0 Å². The zero-order valence-electron chi connectivity index (χ0n) is 6.14. The molecule has 0 radical (unpaired) electrons. The average molecular weight is 161 g/mol. The molecule has 0 amide bonds. The fourth-order valence-corrected chi connectivity index (χ4v) is 0.607. The Morgan fingerprint density at radius 2 is 1.82 bits per heavy atom. The van der Waals surface area contributed by atoms with Crippen molar-refractivity contribution < 1.29 is 39.6 Å². The van der Waals surface area contributed by atoms with Gasteiger partial charge in [-0.15, -0.1) is 0 Å². The van der Waals surface area contributed by atoms with Crippen LogP contribution < -0.4 is 29.6 Å². The Morgan fingerprint density at radius 1 is 1.27 bits per heavy atom. The van der Waals surface area contributed by atoms with Crippen molar-refractivity contribution in [3.63, 3.8) is 0 Å². The zero-order chi connectivity index (χ0) is 7.40. The Morgan fingerprint density at radius 3 is 2.27 bits per heavy atom. The third-order valence-corrected chi connectivity index (χ3v) is 1.06. The van der Waals surface area contributed by atoms with Crippen LogP contribution in [0.1, 0.15) is 0 Å². The average Bonchev–Trinajstić information content (AvgIpc) is 2.05. The maximum absolute atomic E-state index is 10.5. The number of benzene rings is 1. The number of hydrogen-bond acceptors (Lipinski definition) is 2. The first-order chi connectivity index (χ1) is 4.84. The third-order valence-electron chi connectivity index (χ3n) is 1.06. The first kappa shape index (κ1) is 10.4. The quantitative estimate of drug-likeness (QED) is 0.240. The van der Waals surface area contributed by atoms with Crippen LogP contribution in [0.4, 0.5) is 5.69 Å². The SMILES string of the molecule is [Na+].[O-]/[N+](=N\O)c1ccccc1. The van der Waals surface area contributed by atoms with E-state index in [1.807, 2.05) is 0 Å². The van der Waals surface area contributed by atoms with Crippen molar-refractivity contribution in [3.8, 4) is 0 Å². The molecule has 0 fully saturated rings. The van der Waals surface area contributed by atoms with Crippen molar-refractivity contribution in [1.29, 1.82) is 0 Å². The summed E-state index contributed by atoms with van der Waals surface area (Å²) in [6.45, 7) is 0. The molecular formula is C6H6N2NaO2+. The topological polar surface area (TPSA) is 58.7 Å². The molecule has 11 heavy (non-hydrogen) atoms. The molecule has 4 nitrogen and oxygen atoms in total. The largest absolute Gasteiger partial charge is 1.00 e. The molecule has 0 aromatic heterocycles. The van der Waals surface area contributed by atoms with Gasteiger partial charge in [0.05, 0.1) is 0 Å². The van der Waals surface area contributed by atoms with Gasteiger partial charge in [-0.25, -0.2) is 0 Å². The molecule has 0 heterocycles. The number of nitrogens with zero attached hydrogens (tertiary/aromatic N) is 2. The first-order valence-electron chi connectivity index (χ1n) is 2.72. The van der Waals surface area contributed by atoms with E-state index in [0.717, 1.165) is 0 Å². The summed E-state index contributed by atoms with van der Waals surface area (Å²) >= 11 is 0. The summed E-state index contributed by atoms with van der Waals surface area (Å²) < 4.78 is 0. The molecule has 0 spiro atoms. The van der Waals surface area contributed by atoms with Crippen molar-refractivity contribution in [2.45, 2.75) is 0 Å². The molecule has 1 aromatic rings. The summed E-state index contributed by atoms with van der Waals surface area (Å²) in [5.74, 6) is 0. The van der Waals surface area contributed by atoms with Gasteiger partial charge in [0.1, 0.15) is 0 Å². The molecule has 1 aromatic carbocycles. The first-order valence-corrected chi connectivity index (χ1v) is 2.72. The van der Waals surface area contributed by atoms with Gasteiger partial charge in [-0.05, 0) is 4.86 Å². The van der Waals surface area contributed by atoms with E-state index >= 15 is 0 Å². The summed E-state index contributed by atoms with van der Waals surface area (Å²) in [5, 5.41) is 21.0. The van der Waals surface area contributed by atoms with E-state index in [4.69, 9.17) is 5.21 Å². The van der Waals surface area contributed by atoms with Crippen LogP contribution in [0.5, 0.6) is 0 Å². The van der Waals surface area contributed by atoms with Gasteiger partial charge in [-0.1, -0.05) is 18.2 Å². The molecule has 0 unspecified atom stereocenters. The van der Waals surface area contributed by atoms with E-state index in [9.17, 15) is 5.21 Å². The van der Waals surface area contributed by atoms with Crippen LogP contribution in [0, 0.1) is 5.21 Å². The Kier molecular flexibility index (Phi) is 4.85. The Hall–Kier alpha value is -0.580. The van der Waals surface area contributed by atoms with Crippen LogP contribution in [0.3, 0.4) is 0 Å². The molecule has 0 aliphatic carbocycles. The second-order valence-corrected chi connectivity index (χ2v) is 1.70. The summed E-state index contributed by atoms with van der Waals surface area (Å²) in [6.07, 6.45) is 0. The molecule has 52 valence electrons. The molecule has 1 N–H and O–H groups in total. The van der Waals surface area contributed by atoms with Crippen molar-refractivity contribution in [1.82, 2.24) is 0 Å². The standard InChI is InChI=1S/C6H6N2O2.Na/c9-7-8(10)6-4-2-1-3-5-6;/h1-5,9H;/q;+1/b8-7-;. The summed E-state index contributed by atoms with van der Waals surface area (Å²) in [7, 11) is 0. The van der Waals surface area contributed by atoms with E-state index in [0.29, 0.717) is 5.69 Å². The monoisotopic (exact) mass is 161 g/mol. The van der Waals surface area contributed by atoms with Gasteiger partial charge in [0, 0.05) is 12.1 Å². The van der Waals surface area contributed by atoms with Crippen LogP contribution in [0.15, 0.2) is 35.6 Å². The fourth-order valence-electron chi connectivity index (χ4n) is 0.607. The van der Waals surface area contributed by atoms with Gasteiger partial charge < -0.3 is 10.4 Å². The smallest absolute Gasteiger partial charge is 0.592 e. The minimum Gasteiger partial charge on any atom is -0.592 e. The third kappa shape index (κ3) is 2.88. The number of para-hydroxylation sites is 1. The molecule has 0 aliphatic heterocycles. The maximum Gasteiger partial charge on any atom is 1.00 e. The van der Waals surface area contributed by atoms with Gasteiger partial charge in [-0.2, -0.15) is 0 Å². The van der Waals surface area contributed by atoms with E-state index in [-0.39, 0.29) is 34.4 Å². The van der Waals surface area contributed by atoms with Crippen molar-refractivity contribution in [3.05, 3.63) is 35.5 Å². The van der Waals surface area contributed by atoms with Gasteiger partial charge >= 0.3 is 29.6 Å². The zero-order valence-corrected chi connectivity index (χ0v) is 8.14. The maximum atomic E-state index is 10.5. The second kappa shape index (κ2) is 5.12. The van der Waals surface area contributed by atoms with E-state index in [1.54, 1.807) is 30.3 Å².